The standard InChI is InChI=1S/C16H21ClN4S/c1-5-21-12(4)14(11(3)20-21)9-18-16(22)19-13-7-6-10(2)15(17)8-13/h6-8H,5,9H2,1-4H3,(H2,18,19,22). The minimum Gasteiger partial charge on any atom is -0.358 e. The Morgan fingerprint density at radius 1 is 1.32 bits per heavy atom. The second-order valence-electron chi connectivity index (χ2n) is 5.24. The fraction of sp³-hybridized carbons (Fsp3) is 0.375. The van der Waals surface area contributed by atoms with E-state index in [1.54, 1.807) is 0 Å². The fourth-order valence-corrected chi connectivity index (χ4v) is 2.68. The first-order valence-corrected chi connectivity index (χ1v) is 8.05. The molecule has 0 spiro atoms. The molecule has 0 amide bonds. The molecule has 2 aromatic rings. The number of halogens is 1. The van der Waals surface area contributed by atoms with Crippen LogP contribution in [-0.4, -0.2) is 14.9 Å². The fourth-order valence-electron chi connectivity index (χ4n) is 2.31. The van der Waals surface area contributed by atoms with Gasteiger partial charge in [0, 0.05) is 35.1 Å². The lowest BCUT2D eigenvalue weighted by Gasteiger charge is -2.12. The topological polar surface area (TPSA) is 41.9 Å². The summed E-state index contributed by atoms with van der Waals surface area (Å²) in [5, 5.41) is 12.2. The molecule has 1 heterocycles. The lowest BCUT2D eigenvalue weighted by Crippen LogP contribution is -2.28. The number of nitrogens with zero attached hydrogens (tertiary/aromatic N) is 2. The molecule has 0 saturated heterocycles. The molecular formula is C16H21ClN4S. The Kier molecular flexibility index (Phi) is 5.42. The van der Waals surface area contributed by atoms with Crippen LogP contribution in [0.25, 0.3) is 0 Å². The summed E-state index contributed by atoms with van der Waals surface area (Å²) in [6.45, 7) is 9.69. The third-order valence-corrected chi connectivity index (χ3v) is 4.34. The lowest BCUT2D eigenvalue weighted by atomic mass is 10.2. The Hall–Kier alpha value is -1.59. The van der Waals surface area contributed by atoms with Gasteiger partial charge in [-0.2, -0.15) is 5.10 Å². The summed E-state index contributed by atoms with van der Waals surface area (Å²) in [5.74, 6) is 0. The maximum atomic E-state index is 6.12. The lowest BCUT2D eigenvalue weighted by molar-refractivity contribution is 0.633. The van der Waals surface area contributed by atoms with E-state index in [2.05, 4.69) is 29.6 Å². The van der Waals surface area contributed by atoms with E-state index in [0.717, 1.165) is 28.5 Å². The third kappa shape index (κ3) is 3.78. The van der Waals surface area contributed by atoms with Gasteiger partial charge in [-0.05, 0) is 57.6 Å². The molecule has 2 N–H and O–H groups in total. The summed E-state index contributed by atoms with van der Waals surface area (Å²) < 4.78 is 2.00. The van der Waals surface area contributed by atoms with Crippen molar-refractivity contribution in [1.29, 1.82) is 0 Å². The number of benzene rings is 1. The largest absolute Gasteiger partial charge is 0.358 e. The van der Waals surface area contributed by atoms with Gasteiger partial charge in [0.1, 0.15) is 0 Å². The van der Waals surface area contributed by atoms with E-state index in [1.807, 2.05) is 36.7 Å². The number of aryl methyl sites for hydroxylation is 3. The molecule has 1 aromatic heterocycles. The van der Waals surface area contributed by atoms with Gasteiger partial charge in [0.05, 0.1) is 5.69 Å². The number of nitrogens with one attached hydrogen (secondary N) is 2. The second-order valence-corrected chi connectivity index (χ2v) is 6.05. The van der Waals surface area contributed by atoms with Gasteiger partial charge in [-0.3, -0.25) is 4.68 Å². The van der Waals surface area contributed by atoms with E-state index in [4.69, 9.17) is 23.8 Å². The van der Waals surface area contributed by atoms with E-state index >= 15 is 0 Å². The van der Waals surface area contributed by atoms with Gasteiger partial charge in [-0.15, -0.1) is 0 Å². The van der Waals surface area contributed by atoms with Crippen molar-refractivity contribution in [2.75, 3.05) is 5.32 Å². The first kappa shape index (κ1) is 16.8. The summed E-state index contributed by atoms with van der Waals surface area (Å²) >= 11 is 11.5. The highest BCUT2D eigenvalue weighted by molar-refractivity contribution is 7.80. The maximum Gasteiger partial charge on any atom is 0.171 e. The van der Waals surface area contributed by atoms with Gasteiger partial charge in [0.2, 0.25) is 0 Å². The number of hydrogen-bond acceptors (Lipinski definition) is 2. The number of thiocarbonyl (C=S) groups is 1. The molecule has 2 rings (SSSR count). The Morgan fingerprint density at radius 3 is 2.64 bits per heavy atom. The predicted molar refractivity (Wildman–Crippen MR) is 96.6 cm³/mol. The molecule has 0 aliphatic carbocycles. The van der Waals surface area contributed by atoms with Crippen LogP contribution in [0.15, 0.2) is 18.2 Å². The second kappa shape index (κ2) is 7.11. The average Bonchev–Trinajstić information content (AvgIpc) is 2.75. The predicted octanol–water partition coefficient (Wildman–Crippen LogP) is 3.97. The first-order chi connectivity index (χ1) is 10.4. The zero-order valence-electron chi connectivity index (χ0n) is 13.3. The van der Waals surface area contributed by atoms with Crippen LogP contribution < -0.4 is 10.6 Å². The zero-order valence-corrected chi connectivity index (χ0v) is 14.9. The van der Waals surface area contributed by atoms with Crippen LogP contribution in [0.2, 0.25) is 5.02 Å². The molecule has 4 nitrogen and oxygen atoms in total. The highest BCUT2D eigenvalue weighted by atomic mass is 35.5. The molecule has 0 atom stereocenters. The Bertz CT molecular complexity index is 694. The van der Waals surface area contributed by atoms with Crippen LogP contribution in [0.1, 0.15) is 29.4 Å². The van der Waals surface area contributed by atoms with Crippen molar-refractivity contribution in [3.05, 3.63) is 45.7 Å². The Morgan fingerprint density at radius 2 is 2.05 bits per heavy atom. The monoisotopic (exact) mass is 336 g/mol. The molecule has 1 aromatic carbocycles. The molecule has 6 heteroatoms. The summed E-state index contributed by atoms with van der Waals surface area (Å²) in [4.78, 5) is 0. The van der Waals surface area contributed by atoms with Gasteiger partial charge in [0.25, 0.3) is 0 Å². The average molecular weight is 337 g/mol. The SMILES string of the molecule is CCn1nc(C)c(CNC(=S)Nc2ccc(C)c(Cl)c2)c1C. The van der Waals surface area contributed by atoms with E-state index in [-0.39, 0.29) is 0 Å². The molecule has 22 heavy (non-hydrogen) atoms. The highest BCUT2D eigenvalue weighted by Gasteiger charge is 2.10. The van der Waals surface area contributed by atoms with Crippen LogP contribution in [0.3, 0.4) is 0 Å². The number of hydrogen-bond donors (Lipinski definition) is 2. The van der Waals surface area contributed by atoms with Gasteiger partial charge in [0.15, 0.2) is 5.11 Å². The van der Waals surface area contributed by atoms with E-state index in [1.165, 1.54) is 11.3 Å². The Balaban J connectivity index is 1.98. The van der Waals surface area contributed by atoms with E-state index in [0.29, 0.717) is 11.7 Å². The van der Waals surface area contributed by atoms with Crippen molar-refractivity contribution in [2.24, 2.45) is 0 Å². The van der Waals surface area contributed by atoms with Gasteiger partial charge < -0.3 is 10.6 Å². The summed E-state index contributed by atoms with van der Waals surface area (Å²) in [6.07, 6.45) is 0. The molecule has 0 unspecified atom stereocenters. The van der Waals surface area contributed by atoms with Gasteiger partial charge >= 0.3 is 0 Å². The quantitative estimate of drug-likeness (QED) is 0.829. The summed E-state index contributed by atoms with van der Waals surface area (Å²) in [6, 6.07) is 5.80. The molecule has 0 radical (unpaired) electrons. The van der Waals surface area contributed by atoms with Crippen molar-refractivity contribution < 1.29 is 0 Å². The van der Waals surface area contributed by atoms with Gasteiger partial charge in [-0.25, -0.2) is 0 Å². The van der Waals surface area contributed by atoms with Crippen LogP contribution in [0.4, 0.5) is 5.69 Å². The number of aromatic nitrogens is 2. The van der Waals surface area contributed by atoms with Crippen LogP contribution in [0.5, 0.6) is 0 Å². The highest BCUT2D eigenvalue weighted by Crippen LogP contribution is 2.20. The molecule has 0 aliphatic heterocycles. The number of rotatable bonds is 4. The normalized spacial score (nSPS) is 10.6. The minimum absolute atomic E-state index is 0.572. The number of anilines is 1. The summed E-state index contributed by atoms with van der Waals surface area (Å²) in [5.41, 5.74) is 5.32. The molecule has 0 bridgehead atoms. The first-order valence-electron chi connectivity index (χ1n) is 7.26. The molecule has 0 fully saturated rings. The zero-order chi connectivity index (χ0) is 16.3. The molecular weight excluding hydrogens is 316 g/mol. The van der Waals surface area contributed by atoms with Crippen molar-refractivity contribution in [3.63, 3.8) is 0 Å². The molecule has 0 aliphatic rings. The maximum absolute atomic E-state index is 6.12. The van der Waals surface area contributed by atoms with E-state index < -0.39 is 0 Å². The van der Waals surface area contributed by atoms with Crippen molar-refractivity contribution in [1.82, 2.24) is 15.1 Å². The van der Waals surface area contributed by atoms with Gasteiger partial charge in [-0.1, -0.05) is 17.7 Å². The van der Waals surface area contributed by atoms with Crippen LogP contribution in [-0.2, 0) is 13.1 Å². The van der Waals surface area contributed by atoms with E-state index in [9.17, 15) is 0 Å². The van der Waals surface area contributed by atoms with Crippen LogP contribution >= 0.6 is 23.8 Å². The van der Waals surface area contributed by atoms with Crippen molar-refractivity contribution in [2.45, 2.75) is 40.8 Å². The third-order valence-electron chi connectivity index (χ3n) is 3.69. The Labute approximate surface area is 141 Å². The molecule has 0 saturated carbocycles. The van der Waals surface area contributed by atoms with Crippen molar-refractivity contribution >= 4 is 34.6 Å². The van der Waals surface area contributed by atoms with Crippen LogP contribution in [0, 0.1) is 20.8 Å². The van der Waals surface area contributed by atoms with Crippen molar-refractivity contribution in [3.8, 4) is 0 Å². The molecule has 118 valence electrons. The minimum atomic E-state index is 0.572. The smallest absolute Gasteiger partial charge is 0.171 e. The summed E-state index contributed by atoms with van der Waals surface area (Å²) in [7, 11) is 0.